The third kappa shape index (κ3) is 4.59. The van der Waals surface area contributed by atoms with Gasteiger partial charge in [-0.25, -0.2) is 9.37 Å². The molecule has 1 atom stereocenters. The molecule has 174 valence electrons. The number of aryl methyl sites for hydroxylation is 4. The van der Waals surface area contributed by atoms with Gasteiger partial charge in [0.05, 0.1) is 6.04 Å². The third-order valence-corrected chi connectivity index (χ3v) is 6.81. The van der Waals surface area contributed by atoms with Crippen LogP contribution in [0.2, 0.25) is 0 Å². The third-order valence-electron chi connectivity index (χ3n) is 6.81. The lowest BCUT2D eigenvalue weighted by molar-refractivity contribution is 0.617. The summed E-state index contributed by atoms with van der Waals surface area (Å²) in [5, 5.41) is 0. The highest BCUT2D eigenvalue weighted by molar-refractivity contribution is 5.68. The molecule has 1 aliphatic rings. The van der Waals surface area contributed by atoms with E-state index in [4.69, 9.17) is 9.97 Å². The SMILES string of the molecule is CCN(c1nc(C)c2c(n1)N(C(C)c1ccc(F)cc1)CCCC2)c1c(C)cc(C)cc1C. The number of aromatic nitrogens is 2. The van der Waals surface area contributed by atoms with Crippen LogP contribution in [-0.4, -0.2) is 23.1 Å². The second kappa shape index (κ2) is 9.50. The number of benzene rings is 2. The van der Waals surface area contributed by atoms with Gasteiger partial charge in [0.1, 0.15) is 11.6 Å². The van der Waals surface area contributed by atoms with Crippen molar-refractivity contribution in [1.29, 1.82) is 0 Å². The molecule has 0 bridgehead atoms. The van der Waals surface area contributed by atoms with Crippen LogP contribution in [0.15, 0.2) is 36.4 Å². The molecule has 33 heavy (non-hydrogen) atoms. The topological polar surface area (TPSA) is 32.3 Å². The van der Waals surface area contributed by atoms with E-state index in [1.165, 1.54) is 27.9 Å². The van der Waals surface area contributed by atoms with Crippen LogP contribution in [0.25, 0.3) is 0 Å². The Balaban J connectivity index is 1.82. The molecule has 1 aromatic heterocycles. The van der Waals surface area contributed by atoms with Crippen LogP contribution >= 0.6 is 0 Å². The van der Waals surface area contributed by atoms with Crippen molar-refractivity contribution >= 4 is 17.5 Å². The van der Waals surface area contributed by atoms with E-state index in [0.717, 1.165) is 55.4 Å². The molecular formula is C28H35FN4. The lowest BCUT2D eigenvalue weighted by atomic mass is 10.0. The lowest BCUT2D eigenvalue weighted by Crippen LogP contribution is -2.30. The summed E-state index contributed by atoms with van der Waals surface area (Å²) >= 11 is 0. The summed E-state index contributed by atoms with van der Waals surface area (Å²) in [7, 11) is 0. The molecular weight excluding hydrogens is 411 g/mol. The van der Waals surface area contributed by atoms with Crippen molar-refractivity contribution in [2.75, 3.05) is 22.9 Å². The molecule has 0 saturated carbocycles. The maximum atomic E-state index is 13.5. The Labute approximate surface area is 197 Å². The first-order valence-electron chi connectivity index (χ1n) is 12.0. The largest absolute Gasteiger partial charge is 0.349 e. The predicted molar refractivity (Wildman–Crippen MR) is 135 cm³/mol. The Kier molecular flexibility index (Phi) is 6.68. The number of anilines is 3. The molecule has 1 aliphatic heterocycles. The smallest absolute Gasteiger partial charge is 0.232 e. The highest BCUT2D eigenvalue weighted by Crippen LogP contribution is 2.37. The highest BCUT2D eigenvalue weighted by Gasteiger charge is 2.27. The van der Waals surface area contributed by atoms with Crippen molar-refractivity contribution < 1.29 is 4.39 Å². The van der Waals surface area contributed by atoms with Gasteiger partial charge in [0.15, 0.2) is 0 Å². The van der Waals surface area contributed by atoms with Gasteiger partial charge in [-0.15, -0.1) is 0 Å². The molecule has 0 spiro atoms. The summed E-state index contributed by atoms with van der Waals surface area (Å²) in [5.41, 5.74) is 8.31. The van der Waals surface area contributed by atoms with Gasteiger partial charge in [0.25, 0.3) is 0 Å². The van der Waals surface area contributed by atoms with Gasteiger partial charge in [-0.3, -0.25) is 0 Å². The molecule has 4 rings (SSSR count). The Morgan fingerprint density at radius 1 is 1.00 bits per heavy atom. The summed E-state index contributed by atoms with van der Waals surface area (Å²) in [6, 6.07) is 11.4. The maximum Gasteiger partial charge on any atom is 0.232 e. The first-order valence-corrected chi connectivity index (χ1v) is 12.0. The van der Waals surface area contributed by atoms with Crippen LogP contribution in [0.5, 0.6) is 0 Å². The zero-order chi connectivity index (χ0) is 23.7. The molecule has 0 saturated heterocycles. The van der Waals surface area contributed by atoms with Crippen molar-refractivity contribution in [2.24, 2.45) is 0 Å². The molecule has 2 aromatic carbocycles. The number of nitrogens with zero attached hydrogens (tertiary/aromatic N) is 4. The summed E-state index contributed by atoms with van der Waals surface area (Å²) in [5.74, 6) is 1.57. The van der Waals surface area contributed by atoms with E-state index in [1.807, 2.05) is 12.1 Å². The molecule has 0 amide bonds. The summed E-state index contributed by atoms with van der Waals surface area (Å²) < 4.78 is 13.5. The molecule has 5 heteroatoms. The van der Waals surface area contributed by atoms with E-state index in [2.05, 4.69) is 63.5 Å². The summed E-state index contributed by atoms with van der Waals surface area (Å²) in [6.45, 7) is 14.6. The fourth-order valence-corrected chi connectivity index (χ4v) is 5.20. The molecule has 0 N–H and O–H groups in total. The number of halogens is 1. The molecule has 0 radical (unpaired) electrons. The van der Waals surface area contributed by atoms with Gasteiger partial charge in [0.2, 0.25) is 5.95 Å². The van der Waals surface area contributed by atoms with Gasteiger partial charge in [-0.1, -0.05) is 29.8 Å². The average Bonchev–Trinajstić information content (AvgIpc) is 2.99. The van der Waals surface area contributed by atoms with Gasteiger partial charge < -0.3 is 9.80 Å². The summed E-state index contributed by atoms with van der Waals surface area (Å²) in [6.07, 6.45) is 3.21. The van der Waals surface area contributed by atoms with E-state index in [1.54, 1.807) is 12.1 Å². The zero-order valence-electron chi connectivity index (χ0n) is 20.7. The van der Waals surface area contributed by atoms with Crippen molar-refractivity contribution in [3.63, 3.8) is 0 Å². The van der Waals surface area contributed by atoms with Gasteiger partial charge >= 0.3 is 0 Å². The van der Waals surface area contributed by atoms with E-state index in [9.17, 15) is 4.39 Å². The number of hydrogen-bond acceptors (Lipinski definition) is 4. The Hall–Kier alpha value is -2.95. The van der Waals surface area contributed by atoms with E-state index < -0.39 is 0 Å². The maximum absolute atomic E-state index is 13.5. The monoisotopic (exact) mass is 446 g/mol. The van der Waals surface area contributed by atoms with Crippen molar-refractivity contribution in [1.82, 2.24) is 9.97 Å². The van der Waals surface area contributed by atoms with Crippen LogP contribution < -0.4 is 9.80 Å². The first-order chi connectivity index (χ1) is 15.8. The second-order valence-electron chi connectivity index (χ2n) is 9.28. The van der Waals surface area contributed by atoms with Crippen LogP contribution in [0.3, 0.4) is 0 Å². The Morgan fingerprint density at radius 2 is 1.67 bits per heavy atom. The van der Waals surface area contributed by atoms with Crippen LogP contribution in [0, 0.1) is 33.5 Å². The normalized spacial score (nSPS) is 14.6. The first kappa shape index (κ1) is 23.2. The fraction of sp³-hybridized carbons (Fsp3) is 0.429. The van der Waals surface area contributed by atoms with Crippen molar-refractivity contribution in [3.8, 4) is 0 Å². The number of rotatable bonds is 5. The summed E-state index contributed by atoms with van der Waals surface area (Å²) in [4.78, 5) is 14.8. The average molecular weight is 447 g/mol. The number of fused-ring (bicyclic) bond motifs is 1. The standard InChI is InChI=1S/C28H35FN4/c1-7-32(26-19(3)16-18(2)17-20(26)4)28-30-21(5)25-10-8-9-15-33(27(25)31-28)22(6)23-11-13-24(29)14-12-23/h11-14,16-17,22H,7-10,15H2,1-6H3. The molecule has 0 fully saturated rings. The molecule has 3 aromatic rings. The predicted octanol–water partition coefficient (Wildman–Crippen LogP) is 6.91. The minimum Gasteiger partial charge on any atom is -0.349 e. The van der Waals surface area contributed by atoms with Crippen molar-refractivity contribution in [2.45, 2.75) is 66.8 Å². The minimum absolute atomic E-state index is 0.0996. The van der Waals surface area contributed by atoms with Gasteiger partial charge in [-0.05, 0) is 89.6 Å². The molecule has 2 heterocycles. The quantitative estimate of drug-likeness (QED) is 0.426. The van der Waals surface area contributed by atoms with Gasteiger partial charge in [0, 0.05) is 30.0 Å². The second-order valence-corrected chi connectivity index (χ2v) is 9.28. The van der Waals surface area contributed by atoms with Crippen LogP contribution in [0.1, 0.15) is 66.2 Å². The van der Waals surface area contributed by atoms with Gasteiger partial charge in [-0.2, -0.15) is 4.98 Å². The molecule has 1 unspecified atom stereocenters. The van der Waals surface area contributed by atoms with E-state index in [0.29, 0.717) is 0 Å². The van der Waals surface area contributed by atoms with E-state index >= 15 is 0 Å². The zero-order valence-corrected chi connectivity index (χ0v) is 20.7. The Morgan fingerprint density at radius 3 is 2.30 bits per heavy atom. The molecule has 0 aliphatic carbocycles. The number of hydrogen-bond donors (Lipinski definition) is 0. The molecule has 4 nitrogen and oxygen atoms in total. The minimum atomic E-state index is -0.204. The van der Waals surface area contributed by atoms with Crippen LogP contribution in [0.4, 0.5) is 21.8 Å². The Bertz CT molecular complexity index is 1120. The van der Waals surface area contributed by atoms with E-state index in [-0.39, 0.29) is 11.9 Å². The fourth-order valence-electron chi connectivity index (χ4n) is 5.20. The highest BCUT2D eigenvalue weighted by atomic mass is 19.1. The van der Waals surface area contributed by atoms with Crippen LogP contribution in [-0.2, 0) is 6.42 Å². The lowest BCUT2D eigenvalue weighted by Gasteiger charge is -2.33. The van der Waals surface area contributed by atoms with Crippen molar-refractivity contribution in [3.05, 3.63) is 75.7 Å².